The van der Waals surface area contributed by atoms with Gasteiger partial charge in [0.2, 0.25) is 0 Å². The second kappa shape index (κ2) is 7.09. The Morgan fingerprint density at radius 2 is 2.29 bits per heavy atom. The topological polar surface area (TPSA) is 76.7 Å². The predicted molar refractivity (Wildman–Crippen MR) is 91.3 cm³/mol. The molecule has 1 saturated heterocycles. The van der Waals surface area contributed by atoms with Crippen molar-refractivity contribution in [3.8, 4) is 0 Å². The molecule has 0 bridgehead atoms. The number of amides is 2. The highest BCUT2D eigenvalue weighted by atomic mass is 16.5. The van der Waals surface area contributed by atoms with Gasteiger partial charge in [-0.2, -0.15) is 0 Å². The minimum absolute atomic E-state index is 0.110. The van der Waals surface area contributed by atoms with E-state index in [1.54, 1.807) is 30.1 Å². The second-order valence-electron chi connectivity index (χ2n) is 6.12. The average molecular weight is 333 g/mol. The van der Waals surface area contributed by atoms with Crippen molar-refractivity contribution in [2.24, 2.45) is 7.05 Å². The molecule has 1 N–H and O–H groups in total. The number of anilines is 1. The normalized spacial score (nSPS) is 18.1. The van der Waals surface area contributed by atoms with Gasteiger partial charge >= 0.3 is 11.8 Å². The molecule has 2 heterocycles. The molecule has 0 aliphatic carbocycles. The fourth-order valence-corrected chi connectivity index (χ4v) is 2.96. The summed E-state index contributed by atoms with van der Waals surface area (Å²) in [6, 6.07) is 5.05. The van der Waals surface area contributed by atoms with E-state index in [-0.39, 0.29) is 12.1 Å². The monoisotopic (exact) mass is 333 g/mol. The quantitative estimate of drug-likeness (QED) is 0.933. The Kier molecular flexibility index (Phi) is 4.89. The number of hydrogen-bond donors (Lipinski definition) is 1. The number of fused-ring (bicyclic) bond motifs is 1. The van der Waals surface area contributed by atoms with Gasteiger partial charge < -0.3 is 19.4 Å². The summed E-state index contributed by atoms with van der Waals surface area (Å²) in [6.45, 7) is 4.13. The fraction of sp³-hybridized carbons (Fsp3) is 0.529. The van der Waals surface area contributed by atoms with Crippen molar-refractivity contribution < 1.29 is 13.9 Å². The summed E-state index contributed by atoms with van der Waals surface area (Å²) in [5.41, 5.74) is 1.77. The molecular formula is C17H23N3O4. The van der Waals surface area contributed by atoms with Crippen LogP contribution in [0.5, 0.6) is 0 Å². The van der Waals surface area contributed by atoms with Gasteiger partial charge in [0.05, 0.1) is 11.6 Å². The molecule has 1 aromatic carbocycles. The number of aromatic nitrogens is 1. The van der Waals surface area contributed by atoms with Gasteiger partial charge in [-0.1, -0.05) is 6.92 Å². The molecule has 1 aliphatic heterocycles. The number of aryl methyl sites for hydroxylation is 1. The van der Waals surface area contributed by atoms with Crippen LogP contribution in [0.1, 0.15) is 26.2 Å². The van der Waals surface area contributed by atoms with E-state index in [1.165, 1.54) is 4.57 Å². The first-order valence-electron chi connectivity index (χ1n) is 8.35. The highest BCUT2D eigenvalue weighted by Gasteiger charge is 2.24. The minimum atomic E-state index is -0.416. The van der Waals surface area contributed by atoms with Crippen LogP contribution in [0.4, 0.5) is 10.5 Å². The summed E-state index contributed by atoms with van der Waals surface area (Å²) < 4.78 is 12.3. The number of oxazole rings is 1. The van der Waals surface area contributed by atoms with Crippen molar-refractivity contribution in [3.05, 3.63) is 28.7 Å². The molecule has 0 spiro atoms. The Bertz CT molecular complexity index is 780. The van der Waals surface area contributed by atoms with E-state index >= 15 is 0 Å². The lowest BCUT2D eigenvalue weighted by Crippen LogP contribution is -2.45. The van der Waals surface area contributed by atoms with Crippen LogP contribution in [0.25, 0.3) is 11.1 Å². The van der Waals surface area contributed by atoms with Crippen LogP contribution in [0, 0.1) is 0 Å². The van der Waals surface area contributed by atoms with Gasteiger partial charge in [-0.15, -0.1) is 0 Å². The fourth-order valence-electron chi connectivity index (χ4n) is 2.96. The highest BCUT2D eigenvalue weighted by molar-refractivity contribution is 5.91. The van der Waals surface area contributed by atoms with Crippen LogP contribution in [0.15, 0.2) is 27.4 Å². The number of urea groups is 1. The highest BCUT2D eigenvalue weighted by Crippen LogP contribution is 2.19. The summed E-state index contributed by atoms with van der Waals surface area (Å²) in [5, 5.41) is 2.87. The second-order valence-corrected chi connectivity index (χ2v) is 6.12. The van der Waals surface area contributed by atoms with Crippen LogP contribution in [-0.2, 0) is 11.8 Å². The Balaban J connectivity index is 1.66. The van der Waals surface area contributed by atoms with Gasteiger partial charge in [-0.05, 0) is 31.4 Å². The number of likely N-dealkylation sites (tertiary alicyclic amines) is 1. The molecule has 1 fully saturated rings. The molecule has 24 heavy (non-hydrogen) atoms. The SMILES string of the molecule is CCCOC1CCCN(C(=O)Nc2ccc3c(c2)oc(=O)n3C)C1. The number of carbonyl (C=O) groups excluding carboxylic acids is 1. The van der Waals surface area contributed by atoms with Crippen LogP contribution in [-0.4, -0.2) is 41.3 Å². The maximum atomic E-state index is 12.5. The van der Waals surface area contributed by atoms with E-state index < -0.39 is 5.76 Å². The van der Waals surface area contributed by atoms with E-state index in [2.05, 4.69) is 12.2 Å². The van der Waals surface area contributed by atoms with Gasteiger partial charge in [0.15, 0.2) is 5.58 Å². The molecule has 0 radical (unpaired) electrons. The molecule has 130 valence electrons. The molecule has 1 aromatic heterocycles. The standard InChI is InChI=1S/C17H23N3O4/c1-3-9-23-13-5-4-8-20(11-13)16(21)18-12-6-7-14-15(10-12)24-17(22)19(14)2/h6-7,10,13H,3-5,8-9,11H2,1-2H3,(H,18,21). The first-order chi connectivity index (χ1) is 11.6. The molecule has 7 nitrogen and oxygen atoms in total. The van der Waals surface area contributed by atoms with Gasteiger partial charge in [-0.3, -0.25) is 4.57 Å². The van der Waals surface area contributed by atoms with Crippen molar-refractivity contribution in [1.82, 2.24) is 9.47 Å². The van der Waals surface area contributed by atoms with Crippen LogP contribution in [0.3, 0.4) is 0 Å². The van der Waals surface area contributed by atoms with Gasteiger partial charge in [0.1, 0.15) is 0 Å². The number of benzene rings is 1. The van der Waals surface area contributed by atoms with E-state index in [4.69, 9.17) is 9.15 Å². The van der Waals surface area contributed by atoms with E-state index in [0.717, 1.165) is 32.4 Å². The van der Waals surface area contributed by atoms with Crippen molar-refractivity contribution in [2.75, 3.05) is 25.0 Å². The van der Waals surface area contributed by atoms with Crippen molar-refractivity contribution in [2.45, 2.75) is 32.3 Å². The molecule has 2 amide bonds. The van der Waals surface area contributed by atoms with Gasteiger partial charge in [-0.25, -0.2) is 9.59 Å². The van der Waals surface area contributed by atoms with Gasteiger partial charge in [0.25, 0.3) is 0 Å². The predicted octanol–water partition coefficient (Wildman–Crippen LogP) is 2.55. The number of hydrogen-bond acceptors (Lipinski definition) is 4. The summed E-state index contributed by atoms with van der Waals surface area (Å²) in [6.07, 6.45) is 3.02. The van der Waals surface area contributed by atoms with E-state index in [1.807, 2.05) is 0 Å². The van der Waals surface area contributed by atoms with E-state index in [0.29, 0.717) is 23.3 Å². The Morgan fingerprint density at radius 3 is 3.08 bits per heavy atom. The third-order valence-electron chi connectivity index (χ3n) is 4.27. The maximum absolute atomic E-state index is 12.5. The number of carbonyl (C=O) groups is 1. The lowest BCUT2D eigenvalue weighted by molar-refractivity contribution is 0.0115. The minimum Gasteiger partial charge on any atom is -0.408 e. The number of rotatable bonds is 4. The van der Waals surface area contributed by atoms with Crippen LogP contribution in [0.2, 0.25) is 0 Å². The molecule has 1 aliphatic rings. The van der Waals surface area contributed by atoms with Crippen molar-refractivity contribution in [3.63, 3.8) is 0 Å². The lowest BCUT2D eigenvalue weighted by atomic mass is 10.1. The lowest BCUT2D eigenvalue weighted by Gasteiger charge is -2.32. The smallest absolute Gasteiger partial charge is 0.408 e. The zero-order valence-corrected chi connectivity index (χ0v) is 14.1. The first-order valence-corrected chi connectivity index (χ1v) is 8.35. The average Bonchev–Trinajstić information content (AvgIpc) is 2.87. The Hall–Kier alpha value is -2.28. The molecule has 7 heteroatoms. The molecule has 1 unspecified atom stereocenters. The summed E-state index contributed by atoms with van der Waals surface area (Å²) in [4.78, 5) is 25.8. The number of ether oxygens (including phenoxy) is 1. The largest absolute Gasteiger partial charge is 0.419 e. The maximum Gasteiger partial charge on any atom is 0.419 e. The third-order valence-corrected chi connectivity index (χ3v) is 4.27. The Labute approximate surface area is 140 Å². The first kappa shape index (κ1) is 16.6. The molecule has 2 aromatic rings. The van der Waals surface area contributed by atoms with Gasteiger partial charge in [0, 0.05) is 38.5 Å². The number of piperidine rings is 1. The molecule has 0 saturated carbocycles. The summed E-state index contributed by atoms with van der Waals surface area (Å²) >= 11 is 0. The van der Waals surface area contributed by atoms with Crippen molar-refractivity contribution in [1.29, 1.82) is 0 Å². The molecule has 3 rings (SSSR count). The molecular weight excluding hydrogens is 310 g/mol. The van der Waals surface area contributed by atoms with Crippen LogP contribution < -0.4 is 11.1 Å². The number of nitrogens with zero attached hydrogens (tertiary/aromatic N) is 2. The molecule has 1 atom stereocenters. The number of nitrogens with one attached hydrogen (secondary N) is 1. The summed E-state index contributed by atoms with van der Waals surface area (Å²) in [7, 11) is 1.65. The van der Waals surface area contributed by atoms with Crippen LogP contribution >= 0.6 is 0 Å². The van der Waals surface area contributed by atoms with E-state index in [9.17, 15) is 9.59 Å². The zero-order valence-electron chi connectivity index (χ0n) is 14.1. The summed E-state index contributed by atoms with van der Waals surface area (Å²) in [5.74, 6) is -0.416. The Morgan fingerprint density at radius 1 is 1.46 bits per heavy atom. The third kappa shape index (κ3) is 3.46. The zero-order chi connectivity index (χ0) is 17.1. The van der Waals surface area contributed by atoms with Crippen molar-refractivity contribution >= 4 is 22.8 Å².